The van der Waals surface area contributed by atoms with Crippen molar-refractivity contribution in [3.63, 3.8) is 0 Å². The molecule has 82 valence electrons. The topological polar surface area (TPSA) is 82.7 Å². The third-order valence-corrected chi connectivity index (χ3v) is 1.32. The van der Waals surface area contributed by atoms with E-state index in [0.717, 1.165) is 13.2 Å². The molecule has 0 amide bonds. The van der Waals surface area contributed by atoms with Gasteiger partial charge < -0.3 is 26.3 Å². The fourth-order valence-corrected chi connectivity index (χ4v) is 0.652. The van der Waals surface area contributed by atoms with Crippen LogP contribution >= 0.6 is 0 Å². The number of hydrogen-bond acceptors (Lipinski definition) is 5. The van der Waals surface area contributed by atoms with Crippen LogP contribution in [0.2, 0.25) is 0 Å². The van der Waals surface area contributed by atoms with Crippen LogP contribution < -0.4 is 11.9 Å². The van der Waals surface area contributed by atoms with Crippen LogP contribution in [-0.2, 0) is 9.47 Å². The first-order valence-corrected chi connectivity index (χ1v) is 4.27. The summed E-state index contributed by atoms with van der Waals surface area (Å²) >= 11 is 0. The van der Waals surface area contributed by atoms with E-state index in [4.69, 9.17) is 15.2 Å². The van der Waals surface area contributed by atoms with Crippen LogP contribution in [0.3, 0.4) is 0 Å². The molecule has 0 aromatic carbocycles. The zero-order valence-corrected chi connectivity index (χ0v) is 8.79. The third-order valence-electron chi connectivity index (χ3n) is 1.32. The highest BCUT2D eigenvalue weighted by molar-refractivity contribution is 4.40. The van der Waals surface area contributed by atoms with E-state index in [1.165, 1.54) is 0 Å². The van der Waals surface area contributed by atoms with Crippen molar-refractivity contribution in [2.75, 3.05) is 53.6 Å². The molecule has 0 aliphatic heterocycles. The van der Waals surface area contributed by atoms with Gasteiger partial charge in [0, 0.05) is 13.1 Å². The van der Waals surface area contributed by atoms with Gasteiger partial charge in [-0.15, -0.1) is 0 Å². The minimum Gasteiger partial charge on any atom is -0.378 e. The molecule has 5 N–H and O–H groups in total. The Kier molecular flexibility index (Phi) is 13.9. The Morgan fingerprint density at radius 1 is 1.00 bits per heavy atom. The maximum atomic E-state index is 5.28. The zero-order valence-electron chi connectivity index (χ0n) is 8.79. The number of nitrogens with two attached hydrogens (primary N) is 1. The molecule has 13 heavy (non-hydrogen) atoms. The van der Waals surface area contributed by atoms with Crippen molar-refractivity contribution < 1.29 is 9.47 Å². The second-order valence-corrected chi connectivity index (χ2v) is 2.82. The normalized spacial score (nSPS) is 10.2. The van der Waals surface area contributed by atoms with Crippen molar-refractivity contribution in [3.05, 3.63) is 0 Å². The summed E-state index contributed by atoms with van der Waals surface area (Å²) in [5.41, 5.74) is 5.24. The summed E-state index contributed by atoms with van der Waals surface area (Å²) in [6.07, 6.45) is 0. The maximum absolute atomic E-state index is 5.28. The first kappa shape index (κ1) is 15.3. The molecule has 0 heterocycles. The summed E-state index contributed by atoms with van der Waals surface area (Å²) in [4.78, 5) is 2.08. The number of nitrogens with zero attached hydrogens (tertiary/aromatic N) is 1. The molecule has 0 saturated carbocycles. The van der Waals surface area contributed by atoms with E-state index >= 15 is 0 Å². The van der Waals surface area contributed by atoms with Gasteiger partial charge in [-0.25, -0.2) is 0 Å². The van der Waals surface area contributed by atoms with Crippen molar-refractivity contribution in [2.24, 2.45) is 5.73 Å². The van der Waals surface area contributed by atoms with E-state index in [1.807, 2.05) is 14.1 Å². The number of hydrogen-bond donors (Lipinski definition) is 2. The van der Waals surface area contributed by atoms with Crippen LogP contribution in [0, 0.1) is 0 Å². The summed E-state index contributed by atoms with van der Waals surface area (Å²) in [6, 6.07) is 0. The number of ether oxygens (including phenoxy) is 2. The largest absolute Gasteiger partial charge is 0.378 e. The lowest BCUT2D eigenvalue weighted by atomic mass is 10.6. The van der Waals surface area contributed by atoms with E-state index < -0.39 is 0 Å². The van der Waals surface area contributed by atoms with Gasteiger partial charge in [-0.3, -0.25) is 0 Å². The molecule has 0 spiro atoms. The second-order valence-electron chi connectivity index (χ2n) is 2.82. The zero-order chi connectivity index (χ0) is 9.23. The van der Waals surface area contributed by atoms with Gasteiger partial charge in [-0.1, -0.05) is 0 Å². The van der Waals surface area contributed by atoms with E-state index in [0.29, 0.717) is 26.4 Å². The van der Waals surface area contributed by atoms with Crippen LogP contribution in [0.25, 0.3) is 0 Å². The van der Waals surface area contributed by atoms with Crippen molar-refractivity contribution in [2.45, 2.75) is 0 Å². The molecule has 0 rings (SSSR count). The van der Waals surface area contributed by atoms with E-state index in [1.54, 1.807) is 0 Å². The summed E-state index contributed by atoms with van der Waals surface area (Å²) < 4.78 is 10.4. The molecule has 5 heteroatoms. The number of rotatable bonds is 8. The lowest BCUT2D eigenvalue weighted by Crippen LogP contribution is -2.19. The first-order chi connectivity index (χ1) is 5.77. The standard InChI is InChI=1S/C8H20N2O2.H3N/c1-10(2)4-6-12-8-7-11-5-3-9;/h3-9H2,1-2H3;1H3. The molecule has 5 nitrogen and oxygen atoms in total. The van der Waals surface area contributed by atoms with E-state index in [-0.39, 0.29) is 6.15 Å². The Labute approximate surface area is 80.8 Å². The summed E-state index contributed by atoms with van der Waals surface area (Å²) in [5.74, 6) is 0. The van der Waals surface area contributed by atoms with E-state index in [2.05, 4.69) is 4.90 Å². The van der Waals surface area contributed by atoms with Gasteiger partial charge in [-0.05, 0) is 14.1 Å². The Morgan fingerprint density at radius 3 is 2.00 bits per heavy atom. The van der Waals surface area contributed by atoms with Gasteiger partial charge in [0.05, 0.1) is 26.4 Å². The van der Waals surface area contributed by atoms with Crippen LogP contribution in [0.1, 0.15) is 0 Å². The molecule has 0 aromatic rings. The molecule has 0 bridgehead atoms. The van der Waals surface area contributed by atoms with Crippen molar-refractivity contribution in [1.29, 1.82) is 0 Å². The lowest BCUT2D eigenvalue weighted by Gasteiger charge is -2.09. The lowest BCUT2D eigenvalue weighted by molar-refractivity contribution is 0.0454. The minimum atomic E-state index is 0. The van der Waals surface area contributed by atoms with E-state index in [9.17, 15) is 0 Å². The predicted molar refractivity (Wildman–Crippen MR) is 54.3 cm³/mol. The molecule has 0 atom stereocenters. The molecule has 0 saturated heterocycles. The second kappa shape index (κ2) is 11.8. The SMILES string of the molecule is CN(C)CCOCCOCCN.N. The molecule has 0 aliphatic carbocycles. The van der Waals surface area contributed by atoms with Gasteiger partial charge in [0.15, 0.2) is 0 Å². The van der Waals surface area contributed by atoms with Crippen LogP contribution in [-0.4, -0.2) is 58.5 Å². The van der Waals surface area contributed by atoms with Crippen molar-refractivity contribution >= 4 is 0 Å². The fourth-order valence-electron chi connectivity index (χ4n) is 0.652. The quantitative estimate of drug-likeness (QED) is 0.517. The average Bonchev–Trinajstić information content (AvgIpc) is 2.02. The Bertz CT molecular complexity index is 91.5. The monoisotopic (exact) mass is 193 g/mol. The molecule has 0 aliphatic rings. The van der Waals surface area contributed by atoms with Crippen LogP contribution in [0.15, 0.2) is 0 Å². The minimum absolute atomic E-state index is 0. The van der Waals surface area contributed by atoms with Gasteiger partial charge in [0.1, 0.15) is 0 Å². The molecular formula is C8H23N3O2. The summed E-state index contributed by atoms with van der Waals surface area (Å²) in [6.45, 7) is 4.23. The van der Waals surface area contributed by atoms with Crippen molar-refractivity contribution in [3.8, 4) is 0 Å². The fraction of sp³-hybridized carbons (Fsp3) is 1.00. The average molecular weight is 193 g/mol. The van der Waals surface area contributed by atoms with Gasteiger partial charge in [-0.2, -0.15) is 0 Å². The number of likely N-dealkylation sites (N-methyl/N-ethyl adjacent to an activating group) is 1. The smallest absolute Gasteiger partial charge is 0.0701 e. The Morgan fingerprint density at radius 2 is 1.54 bits per heavy atom. The van der Waals surface area contributed by atoms with Gasteiger partial charge in [0.2, 0.25) is 0 Å². The Hall–Kier alpha value is -0.200. The van der Waals surface area contributed by atoms with Crippen LogP contribution in [0.5, 0.6) is 0 Å². The highest BCUT2D eigenvalue weighted by Crippen LogP contribution is 1.79. The molecule has 0 radical (unpaired) electrons. The molecular weight excluding hydrogens is 170 g/mol. The summed E-state index contributed by atoms with van der Waals surface area (Å²) in [7, 11) is 4.04. The first-order valence-electron chi connectivity index (χ1n) is 4.27. The highest BCUT2D eigenvalue weighted by Gasteiger charge is 1.90. The molecule has 0 unspecified atom stereocenters. The van der Waals surface area contributed by atoms with Gasteiger partial charge in [0.25, 0.3) is 0 Å². The maximum Gasteiger partial charge on any atom is 0.0701 e. The predicted octanol–water partition coefficient (Wildman–Crippen LogP) is -0.298. The third kappa shape index (κ3) is 14.6. The highest BCUT2D eigenvalue weighted by atomic mass is 16.5. The van der Waals surface area contributed by atoms with Gasteiger partial charge >= 0.3 is 0 Å². The molecule has 0 aromatic heterocycles. The summed E-state index contributed by atoms with van der Waals surface area (Å²) in [5, 5.41) is 0. The van der Waals surface area contributed by atoms with Crippen LogP contribution in [0.4, 0.5) is 0 Å². The molecule has 0 fully saturated rings. The Balaban J connectivity index is 0. The van der Waals surface area contributed by atoms with Crippen molar-refractivity contribution in [1.82, 2.24) is 11.1 Å².